The first kappa shape index (κ1) is 31.9. The number of aliphatic hydroxyl groups is 3. The lowest BCUT2D eigenvalue weighted by Gasteiger charge is -2.48. The minimum absolute atomic E-state index is 0.00862. The molecule has 3 aromatic carbocycles. The van der Waals surface area contributed by atoms with Gasteiger partial charge in [-0.05, 0) is 42.7 Å². The van der Waals surface area contributed by atoms with Crippen LogP contribution in [0.2, 0.25) is 0 Å². The maximum atomic E-state index is 13.3. The van der Waals surface area contributed by atoms with Crippen LogP contribution >= 0.6 is 0 Å². The molecule has 13 nitrogen and oxygen atoms in total. The van der Waals surface area contributed by atoms with Crippen LogP contribution in [0.25, 0.3) is 0 Å². The fraction of sp³-hybridized carbons (Fsp3) is 0.375. The highest BCUT2D eigenvalue weighted by atomic mass is 16.7. The van der Waals surface area contributed by atoms with Crippen LogP contribution in [0.4, 0.5) is 0 Å². The molecular weight excluding hydrogens is 592 g/mol. The van der Waals surface area contributed by atoms with Crippen molar-refractivity contribution in [2.75, 3.05) is 27.4 Å². The predicted octanol–water partition coefficient (Wildman–Crippen LogP) is 2.09. The molecule has 0 saturated carbocycles. The van der Waals surface area contributed by atoms with E-state index in [-0.39, 0.29) is 64.9 Å². The minimum Gasteiger partial charge on any atom is -0.502 e. The van der Waals surface area contributed by atoms with Crippen molar-refractivity contribution in [1.82, 2.24) is 0 Å². The highest BCUT2D eigenvalue weighted by molar-refractivity contribution is 5.93. The molecule has 13 heteroatoms. The number of aliphatic hydroxyl groups excluding tert-OH is 3. The summed E-state index contributed by atoms with van der Waals surface area (Å²) in [7, 11) is 2.61. The third-order valence-electron chi connectivity index (χ3n) is 7.98. The molecule has 0 aliphatic carbocycles. The number of hydrogen-bond acceptors (Lipinski definition) is 12. The number of ether oxygens (including phenoxy) is 6. The zero-order chi connectivity index (χ0) is 32.3. The number of esters is 1. The number of carboxylic acid groups (broad SMARTS) is 1. The summed E-state index contributed by atoms with van der Waals surface area (Å²) in [5, 5.41) is 53.0. The molecule has 240 valence electrons. The number of aromatic carboxylic acids is 1. The number of carbonyl (C=O) groups excluding carboxylic acids is 1. The number of phenolic OH excluding ortho intramolecular Hbond substituents is 1. The van der Waals surface area contributed by atoms with Gasteiger partial charge in [0.2, 0.25) is 12.0 Å². The van der Waals surface area contributed by atoms with Crippen molar-refractivity contribution in [2.45, 2.75) is 49.5 Å². The number of carboxylic acids is 1. The molecule has 1 fully saturated rings. The number of hydrogen-bond donors (Lipinski definition) is 5. The van der Waals surface area contributed by atoms with E-state index in [1.54, 1.807) is 0 Å². The first-order valence-corrected chi connectivity index (χ1v) is 14.1. The Hall–Kier alpha value is -4.56. The van der Waals surface area contributed by atoms with Crippen LogP contribution in [0.3, 0.4) is 0 Å². The number of aromatic hydroxyl groups is 1. The zero-order valence-corrected chi connectivity index (χ0v) is 24.5. The van der Waals surface area contributed by atoms with Crippen LogP contribution < -0.4 is 18.9 Å². The molecule has 5 atom stereocenters. The van der Waals surface area contributed by atoms with E-state index in [2.05, 4.69) is 0 Å². The average Bonchev–Trinajstić information content (AvgIpc) is 3.04. The number of phenols is 1. The second-order valence-corrected chi connectivity index (χ2v) is 10.7. The summed E-state index contributed by atoms with van der Waals surface area (Å²) < 4.78 is 33.9. The Balaban J connectivity index is 1.40. The van der Waals surface area contributed by atoms with Gasteiger partial charge in [0.05, 0.1) is 32.0 Å². The number of rotatable bonds is 9. The Morgan fingerprint density at radius 2 is 1.73 bits per heavy atom. The summed E-state index contributed by atoms with van der Waals surface area (Å²) in [4.78, 5) is 24.7. The van der Waals surface area contributed by atoms with Crippen molar-refractivity contribution in [2.24, 2.45) is 0 Å². The van der Waals surface area contributed by atoms with Gasteiger partial charge in [-0.15, -0.1) is 0 Å². The standard InChI is InChI=1S/C32H34O13/c1-40-22-14-18(29(37)38)8-9-21(22)44-31-26(35)25(34)28(36)32(45-31)12-10-19-20(30(39)43-16-32)15-23(24(33)27(19)41-2)42-13-11-17-6-4-3-5-7-17/h3-9,14-15,25-26,28,31,33-36H,10-13,16H2,1-2H3,(H,37,38). The maximum Gasteiger partial charge on any atom is 0.338 e. The second-order valence-electron chi connectivity index (χ2n) is 10.7. The van der Waals surface area contributed by atoms with Gasteiger partial charge in [-0.1, -0.05) is 30.3 Å². The fourth-order valence-electron chi connectivity index (χ4n) is 5.49. The molecule has 2 aliphatic heterocycles. The van der Waals surface area contributed by atoms with Gasteiger partial charge in [0, 0.05) is 12.0 Å². The first-order chi connectivity index (χ1) is 21.6. The molecule has 0 amide bonds. The third-order valence-corrected chi connectivity index (χ3v) is 7.98. The van der Waals surface area contributed by atoms with E-state index in [9.17, 15) is 35.1 Å². The lowest BCUT2D eigenvalue weighted by atomic mass is 9.81. The fourth-order valence-corrected chi connectivity index (χ4v) is 5.49. The van der Waals surface area contributed by atoms with E-state index in [1.807, 2.05) is 30.3 Å². The molecule has 5 rings (SSSR count). The van der Waals surface area contributed by atoms with Crippen LogP contribution in [-0.2, 0) is 22.3 Å². The van der Waals surface area contributed by atoms with Gasteiger partial charge in [0.15, 0.2) is 23.0 Å². The zero-order valence-electron chi connectivity index (χ0n) is 24.5. The second kappa shape index (κ2) is 13.2. The van der Waals surface area contributed by atoms with E-state index < -0.39 is 48.7 Å². The smallest absolute Gasteiger partial charge is 0.338 e. The number of fused-ring (bicyclic) bond motifs is 1. The molecule has 5 N–H and O–H groups in total. The highest BCUT2D eigenvalue weighted by Gasteiger charge is 2.56. The molecule has 2 aliphatic rings. The van der Waals surface area contributed by atoms with Crippen LogP contribution in [0.1, 0.15) is 38.3 Å². The molecule has 3 aromatic rings. The van der Waals surface area contributed by atoms with Gasteiger partial charge in [0.1, 0.15) is 30.5 Å². The Morgan fingerprint density at radius 1 is 0.978 bits per heavy atom. The minimum atomic E-state index is -1.79. The lowest BCUT2D eigenvalue weighted by molar-refractivity contribution is -0.320. The summed E-state index contributed by atoms with van der Waals surface area (Å²) >= 11 is 0. The molecule has 0 bridgehead atoms. The summed E-state index contributed by atoms with van der Waals surface area (Å²) in [6, 6.07) is 14.7. The SMILES string of the molecule is COc1cc(C(=O)O)ccc1OC1OC2(CCc3c(cc(OCCc4ccccc4)c(O)c3OC)C(=O)OC2)C(O)C(O)C1O. The number of cyclic esters (lactones) is 1. The highest BCUT2D eigenvalue weighted by Crippen LogP contribution is 2.45. The Kier molecular flexibility index (Phi) is 9.34. The molecule has 2 heterocycles. The molecular formula is C32H34O13. The van der Waals surface area contributed by atoms with Crippen molar-refractivity contribution < 1.29 is 63.5 Å². The van der Waals surface area contributed by atoms with Gasteiger partial charge in [-0.3, -0.25) is 0 Å². The van der Waals surface area contributed by atoms with E-state index in [0.717, 1.165) is 5.56 Å². The molecule has 1 saturated heterocycles. The number of benzene rings is 3. The monoisotopic (exact) mass is 626 g/mol. The van der Waals surface area contributed by atoms with Crippen LogP contribution in [0.15, 0.2) is 54.6 Å². The van der Waals surface area contributed by atoms with Gasteiger partial charge < -0.3 is 54.0 Å². The van der Waals surface area contributed by atoms with E-state index in [1.165, 1.54) is 38.5 Å². The van der Waals surface area contributed by atoms with Crippen LogP contribution in [0.5, 0.6) is 28.7 Å². The van der Waals surface area contributed by atoms with Crippen LogP contribution in [0, 0.1) is 0 Å². The molecule has 1 spiro atoms. The average molecular weight is 627 g/mol. The van der Waals surface area contributed by atoms with Crippen molar-refractivity contribution in [3.8, 4) is 28.7 Å². The summed E-state index contributed by atoms with van der Waals surface area (Å²) in [6.07, 6.45) is -6.38. The predicted molar refractivity (Wildman–Crippen MR) is 155 cm³/mol. The normalized spacial score (nSPS) is 24.5. The van der Waals surface area contributed by atoms with Gasteiger partial charge >= 0.3 is 11.9 Å². The van der Waals surface area contributed by atoms with Gasteiger partial charge in [-0.25, -0.2) is 9.59 Å². The van der Waals surface area contributed by atoms with Crippen molar-refractivity contribution in [3.05, 3.63) is 76.9 Å². The largest absolute Gasteiger partial charge is 0.502 e. The Labute approximate surface area is 258 Å². The Morgan fingerprint density at radius 3 is 2.42 bits per heavy atom. The maximum absolute atomic E-state index is 13.3. The first-order valence-electron chi connectivity index (χ1n) is 14.1. The topological polar surface area (TPSA) is 191 Å². The van der Waals surface area contributed by atoms with Crippen molar-refractivity contribution in [3.63, 3.8) is 0 Å². The molecule has 0 aromatic heterocycles. The number of carbonyl (C=O) groups is 2. The van der Waals surface area contributed by atoms with E-state index in [4.69, 9.17) is 28.4 Å². The van der Waals surface area contributed by atoms with E-state index >= 15 is 0 Å². The molecule has 5 unspecified atom stereocenters. The van der Waals surface area contributed by atoms with Crippen molar-refractivity contribution >= 4 is 11.9 Å². The Bertz CT molecular complexity index is 1540. The lowest BCUT2D eigenvalue weighted by Crippen LogP contribution is -2.67. The van der Waals surface area contributed by atoms with E-state index in [0.29, 0.717) is 6.42 Å². The number of methoxy groups -OCH3 is 2. The molecule has 0 radical (unpaired) electrons. The van der Waals surface area contributed by atoms with Gasteiger partial charge in [0.25, 0.3) is 0 Å². The third kappa shape index (κ3) is 6.33. The molecule has 45 heavy (non-hydrogen) atoms. The van der Waals surface area contributed by atoms with Crippen LogP contribution in [-0.4, -0.2) is 95.1 Å². The summed E-state index contributed by atoms with van der Waals surface area (Å²) in [5.74, 6) is -2.35. The van der Waals surface area contributed by atoms with Gasteiger partial charge in [-0.2, -0.15) is 0 Å². The van der Waals surface area contributed by atoms with Crippen molar-refractivity contribution in [1.29, 1.82) is 0 Å². The summed E-state index contributed by atoms with van der Waals surface area (Å²) in [5.41, 5.74) is -0.485. The quantitative estimate of drug-likeness (QED) is 0.217. The summed E-state index contributed by atoms with van der Waals surface area (Å²) in [6.45, 7) is -0.318.